The van der Waals surface area contributed by atoms with Crippen LogP contribution >= 0.6 is 0 Å². The molecule has 0 spiro atoms. The monoisotopic (exact) mass is 425 g/mol. The molecule has 2 aromatic carbocycles. The Bertz CT molecular complexity index is 1010. The standard InChI is InChI=1S/C21H17F6N3/c1-13-3-4-14(2)30(13)19-7-5-15(6-8-19)12-28-29-18-10-16(20(22,23)24)9-17(11-18)21(25,26)27/h3-12,29H,1-2H3. The number of nitrogens with one attached hydrogen (secondary N) is 1. The van der Waals surface area contributed by atoms with Gasteiger partial charge < -0.3 is 4.57 Å². The Morgan fingerprint density at radius 2 is 1.27 bits per heavy atom. The van der Waals surface area contributed by atoms with Gasteiger partial charge >= 0.3 is 12.4 Å². The average Bonchev–Trinajstić information content (AvgIpc) is 2.99. The number of aromatic nitrogens is 1. The second kappa shape index (κ2) is 7.89. The second-order valence-corrected chi connectivity index (χ2v) is 6.71. The van der Waals surface area contributed by atoms with Gasteiger partial charge in [-0.25, -0.2) is 0 Å². The number of nitrogens with zero attached hydrogens (tertiary/aromatic N) is 2. The number of hydrogen-bond donors (Lipinski definition) is 1. The average molecular weight is 425 g/mol. The zero-order chi connectivity index (χ0) is 22.1. The van der Waals surface area contributed by atoms with E-state index >= 15 is 0 Å². The van der Waals surface area contributed by atoms with Gasteiger partial charge in [-0.3, -0.25) is 5.43 Å². The van der Waals surface area contributed by atoms with Crippen LogP contribution < -0.4 is 5.43 Å². The number of aryl methyl sites for hydroxylation is 2. The van der Waals surface area contributed by atoms with Gasteiger partial charge in [0, 0.05) is 17.1 Å². The van der Waals surface area contributed by atoms with Crippen LogP contribution in [0.25, 0.3) is 5.69 Å². The minimum Gasteiger partial charge on any atom is -0.319 e. The van der Waals surface area contributed by atoms with Crippen molar-refractivity contribution in [2.75, 3.05) is 5.43 Å². The van der Waals surface area contributed by atoms with Crippen LogP contribution in [0.2, 0.25) is 0 Å². The van der Waals surface area contributed by atoms with Gasteiger partial charge in [0.1, 0.15) is 0 Å². The number of hydrazone groups is 1. The van der Waals surface area contributed by atoms with Crippen LogP contribution in [0.5, 0.6) is 0 Å². The third kappa shape index (κ3) is 4.84. The van der Waals surface area contributed by atoms with Crippen molar-refractivity contribution < 1.29 is 26.3 Å². The number of hydrogen-bond acceptors (Lipinski definition) is 2. The molecule has 30 heavy (non-hydrogen) atoms. The first kappa shape index (κ1) is 21.5. The Morgan fingerprint density at radius 3 is 1.73 bits per heavy atom. The highest BCUT2D eigenvalue weighted by molar-refractivity contribution is 5.80. The molecular formula is C21H17F6N3. The van der Waals surface area contributed by atoms with E-state index in [1.807, 2.05) is 42.7 Å². The summed E-state index contributed by atoms with van der Waals surface area (Å²) in [6.45, 7) is 3.94. The summed E-state index contributed by atoms with van der Waals surface area (Å²) in [5.74, 6) is 0. The lowest BCUT2D eigenvalue weighted by molar-refractivity contribution is -0.143. The first-order chi connectivity index (χ1) is 13.9. The maximum absolute atomic E-state index is 12.9. The van der Waals surface area contributed by atoms with E-state index in [1.165, 1.54) is 6.21 Å². The molecule has 0 bridgehead atoms. The zero-order valence-corrected chi connectivity index (χ0v) is 15.9. The van der Waals surface area contributed by atoms with Crippen LogP contribution in [-0.2, 0) is 12.4 Å². The predicted molar refractivity (Wildman–Crippen MR) is 103 cm³/mol. The summed E-state index contributed by atoms with van der Waals surface area (Å²) >= 11 is 0. The van der Waals surface area contributed by atoms with E-state index in [1.54, 1.807) is 12.1 Å². The molecule has 0 fully saturated rings. The molecule has 0 radical (unpaired) electrons. The largest absolute Gasteiger partial charge is 0.416 e. The van der Waals surface area contributed by atoms with Crippen molar-refractivity contribution in [1.29, 1.82) is 0 Å². The molecule has 158 valence electrons. The van der Waals surface area contributed by atoms with Crippen molar-refractivity contribution in [3.8, 4) is 5.69 Å². The van der Waals surface area contributed by atoms with Crippen LogP contribution in [0.4, 0.5) is 32.0 Å². The van der Waals surface area contributed by atoms with Gasteiger partial charge in [-0.2, -0.15) is 31.4 Å². The molecule has 0 aliphatic carbocycles. The number of benzene rings is 2. The van der Waals surface area contributed by atoms with E-state index in [9.17, 15) is 26.3 Å². The SMILES string of the molecule is Cc1ccc(C)n1-c1ccc(C=NNc2cc(C(F)(F)F)cc(C(F)(F)F)c2)cc1. The lowest BCUT2D eigenvalue weighted by atomic mass is 10.1. The van der Waals surface area contributed by atoms with Crippen LogP contribution in [0.3, 0.4) is 0 Å². The second-order valence-electron chi connectivity index (χ2n) is 6.71. The molecule has 1 aromatic heterocycles. The van der Waals surface area contributed by atoms with Gasteiger partial charge in [0.2, 0.25) is 0 Å². The topological polar surface area (TPSA) is 29.3 Å². The molecule has 0 aliphatic heterocycles. The molecule has 0 atom stereocenters. The van der Waals surface area contributed by atoms with Crippen molar-refractivity contribution >= 4 is 11.9 Å². The molecule has 1 heterocycles. The first-order valence-electron chi connectivity index (χ1n) is 8.79. The predicted octanol–water partition coefficient (Wildman–Crippen LogP) is 6.58. The van der Waals surface area contributed by atoms with E-state index in [4.69, 9.17) is 0 Å². The number of halogens is 6. The molecular weight excluding hydrogens is 408 g/mol. The van der Waals surface area contributed by atoms with Gasteiger partial charge in [0.15, 0.2) is 0 Å². The normalized spacial score (nSPS) is 12.5. The molecule has 0 aliphatic rings. The van der Waals surface area contributed by atoms with Gasteiger partial charge in [-0.05, 0) is 61.9 Å². The minimum atomic E-state index is -4.91. The maximum Gasteiger partial charge on any atom is 0.416 e. The highest BCUT2D eigenvalue weighted by Crippen LogP contribution is 2.37. The highest BCUT2D eigenvalue weighted by Gasteiger charge is 2.36. The van der Waals surface area contributed by atoms with Crippen LogP contribution in [-0.4, -0.2) is 10.8 Å². The zero-order valence-electron chi connectivity index (χ0n) is 15.9. The van der Waals surface area contributed by atoms with E-state index in [2.05, 4.69) is 10.5 Å². The van der Waals surface area contributed by atoms with Crippen LogP contribution in [0, 0.1) is 13.8 Å². The minimum absolute atomic E-state index is 0.0683. The fourth-order valence-corrected chi connectivity index (χ4v) is 2.99. The third-order valence-electron chi connectivity index (χ3n) is 4.42. The lowest BCUT2D eigenvalue weighted by Gasteiger charge is -2.13. The van der Waals surface area contributed by atoms with Gasteiger partial charge in [0.25, 0.3) is 0 Å². The summed E-state index contributed by atoms with van der Waals surface area (Å²) in [4.78, 5) is 0. The van der Waals surface area contributed by atoms with Crippen molar-refractivity contribution in [1.82, 2.24) is 4.57 Å². The molecule has 0 unspecified atom stereocenters. The Balaban J connectivity index is 1.79. The lowest BCUT2D eigenvalue weighted by Crippen LogP contribution is -2.11. The third-order valence-corrected chi connectivity index (χ3v) is 4.42. The van der Waals surface area contributed by atoms with Crippen molar-refractivity contribution in [2.24, 2.45) is 5.10 Å². The van der Waals surface area contributed by atoms with Gasteiger partial charge in [-0.1, -0.05) is 12.1 Å². The molecule has 3 aromatic rings. The Labute approximate surface area is 168 Å². The molecule has 1 N–H and O–H groups in total. The van der Waals surface area contributed by atoms with Crippen molar-refractivity contribution in [2.45, 2.75) is 26.2 Å². The number of rotatable bonds is 4. The van der Waals surface area contributed by atoms with E-state index < -0.39 is 29.2 Å². The summed E-state index contributed by atoms with van der Waals surface area (Å²) in [5, 5.41) is 3.77. The maximum atomic E-state index is 12.9. The fourth-order valence-electron chi connectivity index (χ4n) is 2.99. The molecule has 0 saturated heterocycles. The van der Waals surface area contributed by atoms with E-state index in [0.29, 0.717) is 17.7 Å². The molecule has 3 nitrogen and oxygen atoms in total. The van der Waals surface area contributed by atoms with Gasteiger partial charge in [-0.15, -0.1) is 0 Å². The van der Waals surface area contributed by atoms with E-state index in [0.717, 1.165) is 17.1 Å². The smallest absolute Gasteiger partial charge is 0.319 e. The Hall–Kier alpha value is -3.23. The number of anilines is 1. The summed E-state index contributed by atoms with van der Waals surface area (Å²) in [5.41, 5.74) is 2.68. The summed E-state index contributed by atoms with van der Waals surface area (Å²) in [6.07, 6.45) is -8.51. The van der Waals surface area contributed by atoms with Gasteiger partial charge in [0.05, 0.1) is 23.0 Å². The van der Waals surface area contributed by atoms with Crippen molar-refractivity contribution in [3.05, 3.63) is 82.7 Å². The first-order valence-corrected chi connectivity index (χ1v) is 8.79. The van der Waals surface area contributed by atoms with E-state index in [-0.39, 0.29) is 6.07 Å². The van der Waals surface area contributed by atoms with Crippen LogP contribution in [0.15, 0.2) is 59.7 Å². The Morgan fingerprint density at radius 1 is 0.767 bits per heavy atom. The molecule has 0 amide bonds. The summed E-state index contributed by atoms with van der Waals surface area (Å²) in [6, 6.07) is 12.4. The highest BCUT2D eigenvalue weighted by atomic mass is 19.4. The fraction of sp³-hybridized carbons (Fsp3) is 0.190. The molecule has 3 rings (SSSR count). The summed E-state index contributed by atoms with van der Waals surface area (Å²) < 4.78 is 79.4. The quantitative estimate of drug-likeness (QED) is 0.286. The van der Waals surface area contributed by atoms with Crippen LogP contribution in [0.1, 0.15) is 28.1 Å². The number of alkyl halides is 6. The van der Waals surface area contributed by atoms with Crippen molar-refractivity contribution in [3.63, 3.8) is 0 Å². The molecule has 0 saturated carbocycles. The summed E-state index contributed by atoms with van der Waals surface area (Å²) in [7, 11) is 0. The molecule has 9 heteroatoms. The Kier molecular flexibility index (Phi) is 5.65.